The summed E-state index contributed by atoms with van der Waals surface area (Å²) in [5.74, 6) is -0.107. The Morgan fingerprint density at radius 1 is 0.821 bits per heavy atom. The van der Waals surface area contributed by atoms with E-state index in [1.54, 1.807) is 0 Å². The lowest BCUT2D eigenvalue weighted by Gasteiger charge is -2.14. The van der Waals surface area contributed by atoms with Crippen molar-refractivity contribution in [1.29, 1.82) is 0 Å². The molecule has 0 atom stereocenters. The van der Waals surface area contributed by atoms with Gasteiger partial charge >= 0.3 is 0 Å². The van der Waals surface area contributed by atoms with Crippen molar-refractivity contribution in [3.8, 4) is 11.1 Å². The van der Waals surface area contributed by atoms with Gasteiger partial charge in [0.05, 0.1) is 5.69 Å². The zero-order chi connectivity index (χ0) is 27.6. The zero-order valence-corrected chi connectivity index (χ0v) is 22.4. The maximum absolute atomic E-state index is 11.7. The number of aldehydes is 1. The molecule has 0 aliphatic rings. The van der Waals surface area contributed by atoms with Crippen molar-refractivity contribution in [3.05, 3.63) is 125 Å². The molecule has 6 nitrogen and oxygen atoms in total. The zero-order valence-electron chi connectivity index (χ0n) is 22.4. The van der Waals surface area contributed by atoms with Gasteiger partial charge in [-0.3, -0.25) is 9.59 Å². The second-order valence-electron chi connectivity index (χ2n) is 9.25. The van der Waals surface area contributed by atoms with Crippen LogP contribution in [0.15, 0.2) is 97.1 Å². The van der Waals surface area contributed by atoms with Crippen molar-refractivity contribution in [3.63, 3.8) is 0 Å². The van der Waals surface area contributed by atoms with Crippen molar-refractivity contribution in [1.82, 2.24) is 15.5 Å². The van der Waals surface area contributed by atoms with E-state index in [1.807, 2.05) is 80.7 Å². The standard InChI is InChI=1S/C25H21N3O2.C8H11N/c1-16-21(19-8-10-20(11-9-19)26-17(2)30)12-13-22-23(14-18-6-4-3-5-7-18)27-28-24(15-29)25(16)22;1-9-7-8-5-3-2-4-6-8/h3-13,15H,14H2,1-2H3,(H,26,30);2-6,9H,7H2,1H3. The summed E-state index contributed by atoms with van der Waals surface area (Å²) in [6, 6.07) is 32.1. The number of nitrogens with zero attached hydrogens (tertiary/aromatic N) is 2. The van der Waals surface area contributed by atoms with Crippen LogP contribution >= 0.6 is 0 Å². The first-order valence-electron chi connectivity index (χ1n) is 12.8. The van der Waals surface area contributed by atoms with Gasteiger partial charge in [-0.2, -0.15) is 5.10 Å². The highest BCUT2D eigenvalue weighted by molar-refractivity contribution is 6.02. The van der Waals surface area contributed by atoms with Crippen LogP contribution in [-0.4, -0.2) is 29.4 Å². The molecule has 2 N–H and O–H groups in total. The fourth-order valence-electron chi connectivity index (χ4n) is 4.55. The first kappa shape index (κ1) is 27.4. The molecule has 0 bridgehead atoms. The Hall–Kier alpha value is -4.68. The molecular formula is C33H32N4O2. The van der Waals surface area contributed by atoms with Gasteiger partial charge in [-0.25, -0.2) is 0 Å². The Labute approximate surface area is 229 Å². The second-order valence-corrected chi connectivity index (χ2v) is 9.25. The normalized spacial score (nSPS) is 10.4. The molecule has 5 aromatic rings. The van der Waals surface area contributed by atoms with E-state index < -0.39 is 0 Å². The largest absolute Gasteiger partial charge is 0.326 e. The Bertz CT molecular complexity index is 1550. The van der Waals surface area contributed by atoms with Gasteiger partial charge in [-0.1, -0.05) is 84.9 Å². The van der Waals surface area contributed by atoms with Gasteiger partial charge in [-0.05, 0) is 53.9 Å². The number of anilines is 1. The molecule has 4 aromatic carbocycles. The summed E-state index contributed by atoms with van der Waals surface area (Å²) in [6.07, 6.45) is 1.41. The average molecular weight is 517 g/mol. The van der Waals surface area contributed by atoms with Gasteiger partial charge in [0, 0.05) is 36.3 Å². The average Bonchev–Trinajstić information content (AvgIpc) is 2.95. The summed E-state index contributed by atoms with van der Waals surface area (Å²) in [5, 5.41) is 16.2. The molecule has 1 heterocycles. The summed E-state index contributed by atoms with van der Waals surface area (Å²) in [4.78, 5) is 22.9. The third-order valence-corrected chi connectivity index (χ3v) is 6.38. The predicted molar refractivity (Wildman–Crippen MR) is 158 cm³/mol. The number of amides is 1. The number of aryl methyl sites for hydroxylation is 1. The van der Waals surface area contributed by atoms with E-state index in [2.05, 4.69) is 51.2 Å². The van der Waals surface area contributed by atoms with E-state index in [1.165, 1.54) is 12.5 Å². The maximum atomic E-state index is 11.7. The molecule has 0 saturated carbocycles. The van der Waals surface area contributed by atoms with Crippen LogP contribution < -0.4 is 10.6 Å². The molecular weight excluding hydrogens is 484 g/mol. The van der Waals surface area contributed by atoms with E-state index in [4.69, 9.17) is 0 Å². The predicted octanol–water partition coefficient (Wildman–Crippen LogP) is 6.37. The number of nitrogens with one attached hydrogen (secondary N) is 2. The molecule has 0 aliphatic heterocycles. The molecule has 6 heteroatoms. The number of benzene rings is 4. The number of aromatic nitrogens is 2. The third-order valence-electron chi connectivity index (χ3n) is 6.38. The van der Waals surface area contributed by atoms with Crippen LogP contribution in [0.3, 0.4) is 0 Å². The van der Waals surface area contributed by atoms with Gasteiger partial charge in [0.25, 0.3) is 0 Å². The molecule has 0 aliphatic carbocycles. The van der Waals surface area contributed by atoms with Gasteiger partial charge in [0.1, 0.15) is 5.69 Å². The highest BCUT2D eigenvalue weighted by Gasteiger charge is 2.15. The molecule has 1 amide bonds. The van der Waals surface area contributed by atoms with Gasteiger partial charge < -0.3 is 10.6 Å². The Balaban J connectivity index is 0.000000333. The molecule has 0 saturated heterocycles. The molecule has 5 rings (SSSR count). The second kappa shape index (κ2) is 13.2. The van der Waals surface area contributed by atoms with E-state index in [9.17, 15) is 9.59 Å². The number of carbonyl (C=O) groups excluding carboxylic acids is 2. The highest BCUT2D eigenvalue weighted by Crippen LogP contribution is 2.33. The summed E-state index contributed by atoms with van der Waals surface area (Å²) >= 11 is 0. The number of hydrogen-bond acceptors (Lipinski definition) is 5. The monoisotopic (exact) mass is 516 g/mol. The minimum absolute atomic E-state index is 0.107. The summed E-state index contributed by atoms with van der Waals surface area (Å²) in [6.45, 7) is 4.44. The summed E-state index contributed by atoms with van der Waals surface area (Å²) in [7, 11) is 1.95. The Morgan fingerprint density at radius 3 is 2.05 bits per heavy atom. The molecule has 0 spiro atoms. The Kier molecular flexibility index (Phi) is 9.27. The minimum atomic E-state index is -0.107. The first-order chi connectivity index (χ1) is 19.0. The third kappa shape index (κ3) is 7.00. The van der Waals surface area contributed by atoms with Crippen molar-refractivity contribution in [2.24, 2.45) is 0 Å². The van der Waals surface area contributed by atoms with Crippen molar-refractivity contribution >= 4 is 28.7 Å². The lowest BCUT2D eigenvalue weighted by Crippen LogP contribution is -2.05. The maximum Gasteiger partial charge on any atom is 0.221 e. The van der Waals surface area contributed by atoms with Gasteiger partial charge in [0.15, 0.2) is 6.29 Å². The van der Waals surface area contributed by atoms with E-state index in [-0.39, 0.29) is 5.91 Å². The molecule has 0 unspecified atom stereocenters. The minimum Gasteiger partial charge on any atom is -0.326 e. The quantitative estimate of drug-likeness (QED) is 0.246. The van der Waals surface area contributed by atoms with Gasteiger partial charge in [0.2, 0.25) is 5.91 Å². The highest BCUT2D eigenvalue weighted by atomic mass is 16.1. The number of fused-ring (bicyclic) bond motifs is 1. The van der Waals surface area contributed by atoms with Crippen molar-refractivity contribution in [2.75, 3.05) is 12.4 Å². The fourth-order valence-corrected chi connectivity index (χ4v) is 4.55. The molecule has 0 fully saturated rings. The van der Waals surface area contributed by atoms with Crippen molar-refractivity contribution in [2.45, 2.75) is 26.8 Å². The molecule has 0 radical (unpaired) electrons. The van der Waals surface area contributed by atoms with Crippen LogP contribution in [0, 0.1) is 6.92 Å². The lowest BCUT2D eigenvalue weighted by molar-refractivity contribution is -0.114. The molecule has 196 valence electrons. The van der Waals surface area contributed by atoms with Crippen molar-refractivity contribution < 1.29 is 9.59 Å². The van der Waals surface area contributed by atoms with Crippen LogP contribution in [0.4, 0.5) is 5.69 Å². The summed E-state index contributed by atoms with van der Waals surface area (Å²) in [5.41, 5.74) is 7.40. The first-order valence-corrected chi connectivity index (χ1v) is 12.8. The van der Waals surface area contributed by atoms with Crippen LogP contribution in [-0.2, 0) is 17.8 Å². The smallest absolute Gasteiger partial charge is 0.221 e. The number of hydrogen-bond donors (Lipinski definition) is 2. The summed E-state index contributed by atoms with van der Waals surface area (Å²) < 4.78 is 0. The van der Waals surface area contributed by atoms with Crippen LogP contribution in [0.5, 0.6) is 0 Å². The van der Waals surface area contributed by atoms with Crippen LogP contribution in [0.2, 0.25) is 0 Å². The number of rotatable bonds is 7. The number of carbonyl (C=O) groups is 2. The SMILES string of the molecule is CC(=O)Nc1ccc(-c2ccc3c(Cc4ccccc4)nnc(C=O)c3c2C)cc1.CNCc1ccccc1. The lowest BCUT2D eigenvalue weighted by atomic mass is 9.93. The fraction of sp³-hybridized carbons (Fsp3) is 0.152. The molecule has 39 heavy (non-hydrogen) atoms. The van der Waals surface area contributed by atoms with Crippen LogP contribution in [0.25, 0.3) is 21.9 Å². The van der Waals surface area contributed by atoms with E-state index in [0.29, 0.717) is 12.1 Å². The van der Waals surface area contributed by atoms with Gasteiger partial charge in [-0.15, -0.1) is 5.10 Å². The van der Waals surface area contributed by atoms with Crippen LogP contribution in [0.1, 0.15) is 39.8 Å². The topological polar surface area (TPSA) is 84.0 Å². The Morgan fingerprint density at radius 2 is 1.46 bits per heavy atom. The molecule has 1 aromatic heterocycles. The van der Waals surface area contributed by atoms with E-state index in [0.717, 1.165) is 57.2 Å². The van der Waals surface area contributed by atoms with E-state index >= 15 is 0 Å².